The number of nitrogens with one attached hydrogen (secondary N) is 2. The third kappa shape index (κ3) is 11.7. The number of hydrogen-bond acceptors (Lipinski definition) is 6. The van der Waals surface area contributed by atoms with E-state index in [1.54, 1.807) is 6.92 Å². The fourth-order valence-electron chi connectivity index (χ4n) is 1.41. The smallest absolute Gasteiger partial charge is 0.333 e. The molecule has 0 amide bonds. The topological polar surface area (TPSA) is 76.7 Å². The first-order chi connectivity index (χ1) is 9.57. The predicted octanol–water partition coefficient (Wildman–Crippen LogP) is 0.628. The normalized spacial score (nSPS) is 11.2. The summed E-state index contributed by atoms with van der Waals surface area (Å²) >= 11 is 0. The molecule has 0 radical (unpaired) electrons. The Kier molecular flexibility index (Phi) is 11.7. The SMILES string of the molecule is CC/C=C(/C)C(=O)OCCNCCNCCOC(C)=O. The van der Waals surface area contributed by atoms with Gasteiger partial charge >= 0.3 is 11.9 Å². The summed E-state index contributed by atoms with van der Waals surface area (Å²) in [4.78, 5) is 21.9. The van der Waals surface area contributed by atoms with Crippen LogP contribution in [-0.2, 0) is 19.1 Å². The van der Waals surface area contributed by atoms with Crippen LogP contribution in [0, 0.1) is 0 Å². The molecule has 0 saturated heterocycles. The van der Waals surface area contributed by atoms with Crippen molar-refractivity contribution in [1.82, 2.24) is 10.6 Å². The number of allylic oxidation sites excluding steroid dienone is 1. The molecule has 0 unspecified atom stereocenters. The average molecular weight is 286 g/mol. The van der Waals surface area contributed by atoms with Crippen LogP contribution in [-0.4, -0.2) is 51.3 Å². The summed E-state index contributed by atoms with van der Waals surface area (Å²) in [6, 6.07) is 0. The quantitative estimate of drug-likeness (QED) is 0.329. The van der Waals surface area contributed by atoms with Crippen molar-refractivity contribution in [1.29, 1.82) is 0 Å². The Morgan fingerprint density at radius 3 is 2.00 bits per heavy atom. The van der Waals surface area contributed by atoms with Gasteiger partial charge in [0, 0.05) is 38.7 Å². The van der Waals surface area contributed by atoms with Crippen LogP contribution < -0.4 is 10.6 Å². The zero-order valence-corrected chi connectivity index (χ0v) is 12.7. The number of esters is 2. The fraction of sp³-hybridized carbons (Fsp3) is 0.714. The third-order valence-corrected chi connectivity index (χ3v) is 2.41. The van der Waals surface area contributed by atoms with Gasteiger partial charge in [0.15, 0.2) is 0 Å². The van der Waals surface area contributed by atoms with Gasteiger partial charge in [-0.05, 0) is 13.3 Å². The van der Waals surface area contributed by atoms with Crippen molar-refractivity contribution in [3.8, 4) is 0 Å². The Balaban J connectivity index is 3.31. The van der Waals surface area contributed by atoms with Crippen molar-refractivity contribution in [2.24, 2.45) is 0 Å². The minimum atomic E-state index is -0.265. The lowest BCUT2D eigenvalue weighted by Gasteiger charge is -2.08. The second-order valence-electron chi connectivity index (χ2n) is 4.27. The molecule has 116 valence electrons. The molecule has 0 aromatic rings. The number of rotatable bonds is 11. The van der Waals surface area contributed by atoms with Crippen molar-refractivity contribution in [2.75, 3.05) is 39.4 Å². The van der Waals surface area contributed by atoms with Crippen LogP contribution in [0.2, 0.25) is 0 Å². The summed E-state index contributed by atoms with van der Waals surface area (Å²) < 4.78 is 9.85. The zero-order valence-electron chi connectivity index (χ0n) is 12.7. The van der Waals surface area contributed by atoms with E-state index in [4.69, 9.17) is 9.47 Å². The molecule has 0 aliphatic carbocycles. The molecule has 0 heterocycles. The maximum absolute atomic E-state index is 11.4. The van der Waals surface area contributed by atoms with E-state index < -0.39 is 0 Å². The first-order valence-corrected chi connectivity index (χ1v) is 6.96. The molecule has 6 heteroatoms. The van der Waals surface area contributed by atoms with Crippen LogP contribution in [0.3, 0.4) is 0 Å². The van der Waals surface area contributed by atoms with Gasteiger partial charge in [0.2, 0.25) is 0 Å². The molecule has 6 nitrogen and oxygen atoms in total. The van der Waals surface area contributed by atoms with Gasteiger partial charge in [0.1, 0.15) is 13.2 Å². The van der Waals surface area contributed by atoms with E-state index in [9.17, 15) is 9.59 Å². The molecule has 0 bridgehead atoms. The van der Waals surface area contributed by atoms with Crippen LogP contribution in [0.15, 0.2) is 11.6 Å². The molecular formula is C14H26N2O4. The third-order valence-electron chi connectivity index (χ3n) is 2.41. The van der Waals surface area contributed by atoms with Gasteiger partial charge in [-0.2, -0.15) is 0 Å². The zero-order chi connectivity index (χ0) is 15.2. The fourth-order valence-corrected chi connectivity index (χ4v) is 1.41. The molecule has 2 N–H and O–H groups in total. The van der Waals surface area contributed by atoms with Gasteiger partial charge in [0.25, 0.3) is 0 Å². The predicted molar refractivity (Wildman–Crippen MR) is 77.4 cm³/mol. The largest absolute Gasteiger partial charge is 0.465 e. The lowest BCUT2D eigenvalue weighted by Crippen LogP contribution is -2.31. The second kappa shape index (κ2) is 12.6. The molecule has 0 spiro atoms. The highest BCUT2D eigenvalue weighted by Gasteiger charge is 2.03. The summed E-state index contributed by atoms with van der Waals surface area (Å²) in [7, 11) is 0. The number of carbonyl (C=O) groups excluding carboxylic acids is 2. The number of hydrogen-bond donors (Lipinski definition) is 2. The molecule has 0 rings (SSSR count). The maximum Gasteiger partial charge on any atom is 0.333 e. The summed E-state index contributed by atoms with van der Waals surface area (Å²) in [5.74, 6) is -0.521. The molecule has 0 aromatic heterocycles. The van der Waals surface area contributed by atoms with E-state index in [0.717, 1.165) is 19.5 Å². The van der Waals surface area contributed by atoms with E-state index in [1.807, 2.05) is 13.0 Å². The lowest BCUT2D eigenvalue weighted by atomic mass is 10.2. The van der Waals surface area contributed by atoms with Crippen molar-refractivity contribution < 1.29 is 19.1 Å². The van der Waals surface area contributed by atoms with Gasteiger partial charge in [-0.15, -0.1) is 0 Å². The van der Waals surface area contributed by atoms with E-state index in [-0.39, 0.29) is 11.9 Å². The first kappa shape index (κ1) is 18.6. The molecule has 0 aliphatic heterocycles. The Labute approximate surface area is 120 Å². The molecule has 0 atom stereocenters. The Bertz CT molecular complexity index is 316. The Morgan fingerprint density at radius 2 is 1.50 bits per heavy atom. The van der Waals surface area contributed by atoms with Crippen LogP contribution in [0.4, 0.5) is 0 Å². The first-order valence-electron chi connectivity index (χ1n) is 6.96. The van der Waals surface area contributed by atoms with Gasteiger partial charge in [-0.25, -0.2) is 4.79 Å². The van der Waals surface area contributed by atoms with E-state index in [1.165, 1.54) is 6.92 Å². The molecule has 0 fully saturated rings. The Morgan fingerprint density at radius 1 is 0.950 bits per heavy atom. The summed E-state index contributed by atoms with van der Waals surface area (Å²) in [6.07, 6.45) is 2.68. The van der Waals surface area contributed by atoms with Gasteiger partial charge in [0.05, 0.1) is 0 Å². The van der Waals surface area contributed by atoms with Crippen LogP contribution in [0.25, 0.3) is 0 Å². The highest BCUT2D eigenvalue weighted by molar-refractivity contribution is 5.87. The van der Waals surface area contributed by atoms with Gasteiger partial charge in [-0.1, -0.05) is 13.0 Å². The molecule has 0 aromatic carbocycles. The average Bonchev–Trinajstić information content (AvgIpc) is 2.40. The van der Waals surface area contributed by atoms with Gasteiger partial charge < -0.3 is 20.1 Å². The molecule has 20 heavy (non-hydrogen) atoms. The highest BCUT2D eigenvalue weighted by atomic mass is 16.5. The minimum absolute atomic E-state index is 0.256. The standard InChI is InChI=1S/C14H26N2O4/c1-4-5-12(2)14(18)20-11-9-16-7-6-15-8-10-19-13(3)17/h5,15-16H,4,6-11H2,1-3H3/b12-5-. The van der Waals surface area contributed by atoms with E-state index in [0.29, 0.717) is 31.9 Å². The van der Waals surface area contributed by atoms with E-state index >= 15 is 0 Å². The molecule has 0 aliphatic rings. The van der Waals surface area contributed by atoms with Crippen LogP contribution in [0.5, 0.6) is 0 Å². The van der Waals surface area contributed by atoms with Crippen LogP contribution >= 0.6 is 0 Å². The molecule has 0 saturated carbocycles. The van der Waals surface area contributed by atoms with E-state index in [2.05, 4.69) is 10.6 Å². The molecular weight excluding hydrogens is 260 g/mol. The van der Waals surface area contributed by atoms with Crippen LogP contribution in [0.1, 0.15) is 27.2 Å². The van der Waals surface area contributed by atoms with Crippen molar-refractivity contribution >= 4 is 11.9 Å². The second-order valence-corrected chi connectivity index (χ2v) is 4.27. The summed E-state index contributed by atoms with van der Waals surface area (Å²) in [6.45, 7) is 8.66. The van der Waals surface area contributed by atoms with Crippen molar-refractivity contribution in [3.05, 3.63) is 11.6 Å². The summed E-state index contributed by atoms with van der Waals surface area (Å²) in [5, 5.41) is 6.26. The summed E-state index contributed by atoms with van der Waals surface area (Å²) in [5.41, 5.74) is 0.652. The van der Waals surface area contributed by atoms with Gasteiger partial charge in [-0.3, -0.25) is 4.79 Å². The Hall–Kier alpha value is -1.40. The minimum Gasteiger partial charge on any atom is -0.465 e. The van der Waals surface area contributed by atoms with Crippen molar-refractivity contribution in [2.45, 2.75) is 27.2 Å². The monoisotopic (exact) mass is 286 g/mol. The maximum atomic E-state index is 11.4. The lowest BCUT2D eigenvalue weighted by molar-refractivity contribution is -0.141. The number of ether oxygens (including phenoxy) is 2. The van der Waals surface area contributed by atoms with Crippen molar-refractivity contribution in [3.63, 3.8) is 0 Å². The highest BCUT2D eigenvalue weighted by Crippen LogP contribution is 1.97. The number of carbonyl (C=O) groups is 2.